The minimum absolute atomic E-state index is 0.174. The number of nitrogens with one attached hydrogen (secondary N) is 2. The number of nitrogens with zero attached hydrogens (tertiary/aromatic N) is 1. The molecule has 6 heteroatoms. The van der Waals surface area contributed by atoms with Crippen molar-refractivity contribution in [2.24, 2.45) is 10.8 Å². The van der Waals surface area contributed by atoms with Crippen molar-refractivity contribution in [2.75, 3.05) is 7.11 Å². The third kappa shape index (κ3) is 2.65. The fraction of sp³-hybridized carbons (Fsp3) is 0.360. The first-order valence-corrected chi connectivity index (χ1v) is 10.6. The van der Waals surface area contributed by atoms with Crippen molar-refractivity contribution in [2.45, 2.75) is 38.7 Å². The van der Waals surface area contributed by atoms with Crippen LogP contribution < -0.4 is 10.6 Å². The lowest BCUT2D eigenvalue weighted by molar-refractivity contribution is -0.160. The molecule has 2 amide bonds. The van der Waals surface area contributed by atoms with E-state index in [4.69, 9.17) is 4.74 Å². The third-order valence-corrected chi connectivity index (χ3v) is 7.61. The lowest BCUT2D eigenvalue weighted by atomic mass is 9.54. The Kier molecular flexibility index (Phi) is 4.53. The van der Waals surface area contributed by atoms with Gasteiger partial charge in [-0.1, -0.05) is 74.5 Å². The van der Waals surface area contributed by atoms with Gasteiger partial charge in [0, 0.05) is 42.3 Å². The Morgan fingerprint density at radius 2 is 1.61 bits per heavy atom. The van der Waals surface area contributed by atoms with E-state index in [2.05, 4.69) is 46.7 Å². The number of amides is 2. The molecule has 2 saturated heterocycles. The summed E-state index contributed by atoms with van der Waals surface area (Å²) >= 11 is 0. The molecule has 6 nitrogen and oxygen atoms in total. The molecule has 3 aliphatic heterocycles. The fourth-order valence-corrected chi connectivity index (χ4v) is 5.95. The highest BCUT2D eigenvalue weighted by atomic mass is 16.5. The molecule has 0 aliphatic carbocycles. The fourth-order valence-electron chi connectivity index (χ4n) is 5.95. The van der Waals surface area contributed by atoms with Crippen LogP contribution in [-0.2, 0) is 20.9 Å². The summed E-state index contributed by atoms with van der Waals surface area (Å²) < 4.78 is 6.14. The molecule has 31 heavy (non-hydrogen) atoms. The van der Waals surface area contributed by atoms with Gasteiger partial charge in [-0.15, -0.1) is 0 Å². The normalized spacial score (nSPS) is 34.2. The number of carbonyl (C=O) groups is 2. The van der Waals surface area contributed by atoms with Crippen LogP contribution in [0.4, 0.5) is 0 Å². The van der Waals surface area contributed by atoms with Gasteiger partial charge >= 0.3 is 0 Å². The van der Waals surface area contributed by atoms with Gasteiger partial charge in [0.05, 0.1) is 6.04 Å². The molecule has 2 aromatic rings. The number of benzene rings is 2. The van der Waals surface area contributed by atoms with E-state index in [9.17, 15) is 9.59 Å². The molecule has 5 atom stereocenters. The number of methoxy groups -OCH3 is 1. The van der Waals surface area contributed by atoms with Crippen LogP contribution in [0.15, 0.2) is 72.4 Å². The summed E-state index contributed by atoms with van der Waals surface area (Å²) in [5.74, 6) is -0.598. The van der Waals surface area contributed by atoms with Gasteiger partial charge in [-0.25, -0.2) is 0 Å². The van der Waals surface area contributed by atoms with Crippen molar-refractivity contribution in [3.05, 3.63) is 83.6 Å². The van der Waals surface area contributed by atoms with Crippen LogP contribution in [0.25, 0.3) is 0 Å². The number of rotatable bonds is 4. The number of ether oxygens (including phenoxy) is 1. The summed E-state index contributed by atoms with van der Waals surface area (Å²) in [7, 11) is 1.70. The summed E-state index contributed by atoms with van der Waals surface area (Å²) in [6.07, 6.45) is 1.55. The van der Waals surface area contributed by atoms with Gasteiger partial charge in [-0.3, -0.25) is 20.2 Å². The van der Waals surface area contributed by atoms with Crippen LogP contribution in [0.5, 0.6) is 0 Å². The Hall–Kier alpha value is -2.96. The highest BCUT2D eigenvalue weighted by Gasteiger charge is 2.72. The predicted octanol–water partition coefficient (Wildman–Crippen LogP) is 2.74. The SMILES string of the molecule is COC1N(Cc2ccccc2)C=C2C(=O)NC(=O)C3NC(c4ccccc4)C1(C)C23C. The summed E-state index contributed by atoms with van der Waals surface area (Å²) in [6, 6.07) is 19.5. The van der Waals surface area contributed by atoms with Crippen LogP contribution in [-0.4, -0.2) is 36.1 Å². The smallest absolute Gasteiger partial charge is 0.255 e. The van der Waals surface area contributed by atoms with E-state index in [1.54, 1.807) is 7.11 Å². The molecule has 0 bridgehead atoms. The van der Waals surface area contributed by atoms with Gasteiger partial charge in [0.1, 0.15) is 6.23 Å². The zero-order chi connectivity index (χ0) is 21.8. The van der Waals surface area contributed by atoms with Gasteiger partial charge in [-0.05, 0) is 11.1 Å². The van der Waals surface area contributed by atoms with Crippen LogP contribution in [0.2, 0.25) is 0 Å². The largest absolute Gasteiger partial charge is 0.361 e. The lowest BCUT2D eigenvalue weighted by Crippen LogP contribution is -2.66. The topological polar surface area (TPSA) is 70.7 Å². The lowest BCUT2D eigenvalue weighted by Gasteiger charge is -2.56. The molecule has 3 heterocycles. The summed E-state index contributed by atoms with van der Waals surface area (Å²) in [6.45, 7) is 4.77. The molecule has 2 N–H and O–H groups in total. The van der Waals surface area contributed by atoms with Crippen molar-refractivity contribution in [3.63, 3.8) is 0 Å². The van der Waals surface area contributed by atoms with E-state index in [1.165, 1.54) is 0 Å². The van der Waals surface area contributed by atoms with Gasteiger partial charge in [0.15, 0.2) is 0 Å². The van der Waals surface area contributed by atoms with Crippen LogP contribution in [0.3, 0.4) is 0 Å². The maximum Gasteiger partial charge on any atom is 0.255 e. The zero-order valence-corrected chi connectivity index (χ0v) is 18.0. The van der Waals surface area contributed by atoms with Crippen LogP contribution in [0.1, 0.15) is 31.0 Å². The second-order valence-corrected chi connectivity index (χ2v) is 9.04. The first kappa shape index (κ1) is 20.0. The Morgan fingerprint density at radius 1 is 0.968 bits per heavy atom. The Bertz CT molecular complexity index is 1050. The quantitative estimate of drug-likeness (QED) is 0.749. The van der Waals surface area contributed by atoms with Crippen molar-refractivity contribution in [3.8, 4) is 0 Å². The van der Waals surface area contributed by atoms with Crippen molar-refractivity contribution >= 4 is 11.8 Å². The monoisotopic (exact) mass is 417 g/mol. The van der Waals surface area contributed by atoms with Crippen LogP contribution in [0, 0.1) is 10.8 Å². The van der Waals surface area contributed by atoms with Gasteiger partial charge in [0.2, 0.25) is 5.91 Å². The molecular weight excluding hydrogens is 390 g/mol. The highest BCUT2D eigenvalue weighted by molar-refractivity contribution is 6.11. The van der Waals surface area contributed by atoms with Gasteiger partial charge < -0.3 is 9.64 Å². The molecule has 2 fully saturated rings. The average Bonchev–Trinajstić information content (AvgIpc) is 3.02. The summed E-state index contributed by atoms with van der Waals surface area (Å²) in [5.41, 5.74) is 1.51. The van der Waals surface area contributed by atoms with Crippen molar-refractivity contribution in [1.29, 1.82) is 0 Å². The molecule has 160 valence electrons. The van der Waals surface area contributed by atoms with E-state index in [0.717, 1.165) is 11.1 Å². The maximum atomic E-state index is 13.0. The standard InChI is InChI=1S/C25H27N3O3/c1-24-18-15-28(14-16-10-6-4-7-11-16)23(31-3)25(24,2)19(17-12-8-5-9-13-17)26-20(24)22(30)27-21(18)29/h4-13,15,19-20,23,26H,14H2,1-3H3,(H,27,29,30). The van der Waals surface area contributed by atoms with Crippen LogP contribution >= 0.6 is 0 Å². The van der Waals surface area contributed by atoms with E-state index >= 15 is 0 Å². The Balaban J connectivity index is 1.70. The van der Waals surface area contributed by atoms with E-state index in [-0.39, 0.29) is 24.1 Å². The summed E-state index contributed by atoms with van der Waals surface area (Å²) in [5, 5.41) is 6.13. The third-order valence-electron chi connectivity index (χ3n) is 7.61. The Morgan fingerprint density at radius 3 is 2.26 bits per heavy atom. The minimum atomic E-state index is -0.721. The summed E-state index contributed by atoms with van der Waals surface area (Å²) in [4.78, 5) is 28.1. The number of piperidine rings is 1. The molecule has 2 aromatic carbocycles. The molecule has 5 rings (SSSR count). The first-order valence-electron chi connectivity index (χ1n) is 10.6. The number of imide groups is 1. The molecule has 5 unspecified atom stereocenters. The second-order valence-electron chi connectivity index (χ2n) is 9.04. The number of hydrogen-bond acceptors (Lipinski definition) is 5. The second kappa shape index (κ2) is 7.04. The van der Waals surface area contributed by atoms with Crippen molar-refractivity contribution in [1.82, 2.24) is 15.5 Å². The zero-order valence-electron chi connectivity index (χ0n) is 18.0. The van der Waals surface area contributed by atoms with Gasteiger partial charge in [-0.2, -0.15) is 0 Å². The molecule has 3 aliphatic rings. The Labute approximate surface area is 182 Å². The molecule has 0 aromatic heterocycles. The molecule has 0 saturated carbocycles. The molecule has 0 radical (unpaired) electrons. The van der Waals surface area contributed by atoms with Crippen molar-refractivity contribution < 1.29 is 14.3 Å². The predicted molar refractivity (Wildman–Crippen MR) is 116 cm³/mol. The van der Waals surface area contributed by atoms with E-state index < -0.39 is 16.9 Å². The maximum absolute atomic E-state index is 13.0. The number of hydrogen-bond donors (Lipinski definition) is 2. The minimum Gasteiger partial charge on any atom is -0.361 e. The molecular formula is C25H27N3O3. The number of carbonyl (C=O) groups excluding carboxylic acids is 2. The average molecular weight is 418 g/mol. The highest BCUT2D eigenvalue weighted by Crippen LogP contribution is 2.64. The molecule has 0 spiro atoms. The van der Waals surface area contributed by atoms with E-state index in [1.807, 2.05) is 49.5 Å². The first-order chi connectivity index (χ1) is 14.9. The van der Waals surface area contributed by atoms with Gasteiger partial charge in [0.25, 0.3) is 5.91 Å². The van der Waals surface area contributed by atoms with E-state index in [0.29, 0.717) is 12.1 Å².